The number of benzene rings is 4. The van der Waals surface area contributed by atoms with Gasteiger partial charge in [-0.2, -0.15) is 0 Å². The van der Waals surface area contributed by atoms with Crippen molar-refractivity contribution in [2.24, 2.45) is 0 Å². The van der Waals surface area contributed by atoms with Gasteiger partial charge in [0.1, 0.15) is 11.5 Å². The average molecular weight is 535 g/mol. The van der Waals surface area contributed by atoms with Gasteiger partial charge in [0.15, 0.2) is 0 Å². The van der Waals surface area contributed by atoms with Crippen LogP contribution in [0.5, 0.6) is 11.5 Å². The molecule has 2 atom stereocenters. The number of methoxy groups -OCH3 is 2. The Kier molecular flexibility index (Phi) is 8.35. The third-order valence-corrected chi connectivity index (χ3v) is 7.16. The van der Waals surface area contributed by atoms with Crippen LogP contribution in [-0.2, 0) is 9.53 Å². The molecule has 4 aromatic rings. The summed E-state index contributed by atoms with van der Waals surface area (Å²) in [5, 5.41) is 3.59. The minimum atomic E-state index is -0.431. The number of esters is 1. The molecule has 0 fully saturated rings. The van der Waals surface area contributed by atoms with E-state index in [1.165, 1.54) is 0 Å². The van der Waals surface area contributed by atoms with E-state index in [9.17, 15) is 4.79 Å². The van der Waals surface area contributed by atoms with Crippen molar-refractivity contribution in [3.05, 3.63) is 132 Å². The first kappa shape index (κ1) is 26.9. The molecule has 0 amide bonds. The second-order valence-corrected chi connectivity index (χ2v) is 9.52. The van der Waals surface area contributed by atoms with Crippen LogP contribution in [0.15, 0.2) is 120 Å². The third-order valence-electron chi connectivity index (χ3n) is 7.16. The topological polar surface area (TPSA) is 60.0 Å². The Morgan fingerprint density at radius 2 is 1.32 bits per heavy atom. The van der Waals surface area contributed by atoms with Crippen LogP contribution < -0.4 is 19.7 Å². The number of carbonyl (C=O) groups excluding carboxylic acids is 1. The SMILES string of the molecule is CCOC(=O)C1=C(Nc2ccccc2)C[C@H](c2ccc(OC)cc2)N(c2ccccc2)[C@H]1c1ccc(OC)cc1. The molecule has 5 rings (SSSR count). The first-order chi connectivity index (χ1) is 19.6. The van der Waals surface area contributed by atoms with Crippen molar-refractivity contribution in [2.45, 2.75) is 25.4 Å². The van der Waals surface area contributed by atoms with Crippen molar-refractivity contribution < 1.29 is 19.0 Å². The molecule has 0 bridgehead atoms. The second kappa shape index (κ2) is 12.4. The summed E-state index contributed by atoms with van der Waals surface area (Å²) >= 11 is 0. The number of hydrogen-bond donors (Lipinski definition) is 1. The number of rotatable bonds is 9. The van der Waals surface area contributed by atoms with E-state index in [1.54, 1.807) is 14.2 Å². The van der Waals surface area contributed by atoms with Gasteiger partial charge in [-0.1, -0.05) is 60.7 Å². The molecule has 0 spiro atoms. The number of nitrogens with zero attached hydrogens (tertiary/aromatic N) is 1. The highest BCUT2D eigenvalue weighted by Gasteiger charge is 2.41. The molecule has 0 radical (unpaired) electrons. The van der Waals surface area contributed by atoms with Crippen LogP contribution in [0.25, 0.3) is 0 Å². The first-order valence-electron chi connectivity index (χ1n) is 13.5. The lowest BCUT2D eigenvalue weighted by Gasteiger charge is -2.46. The predicted molar refractivity (Wildman–Crippen MR) is 159 cm³/mol. The van der Waals surface area contributed by atoms with Crippen molar-refractivity contribution in [2.75, 3.05) is 31.0 Å². The molecule has 1 aliphatic rings. The highest BCUT2D eigenvalue weighted by molar-refractivity contribution is 5.93. The number of nitrogens with one attached hydrogen (secondary N) is 1. The Hall–Kier alpha value is -4.71. The van der Waals surface area contributed by atoms with E-state index in [1.807, 2.05) is 91.9 Å². The van der Waals surface area contributed by atoms with Crippen molar-refractivity contribution in [3.8, 4) is 11.5 Å². The van der Waals surface area contributed by atoms with Gasteiger partial charge in [-0.15, -0.1) is 0 Å². The summed E-state index contributed by atoms with van der Waals surface area (Å²) in [6.45, 7) is 2.12. The van der Waals surface area contributed by atoms with Gasteiger partial charge < -0.3 is 24.4 Å². The lowest BCUT2D eigenvalue weighted by molar-refractivity contribution is -0.139. The number of carbonyl (C=O) groups is 1. The van der Waals surface area contributed by atoms with Crippen LogP contribution in [0, 0.1) is 0 Å². The Morgan fingerprint density at radius 3 is 1.88 bits per heavy atom. The molecule has 0 saturated heterocycles. The largest absolute Gasteiger partial charge is 0.497 e. The summed E-state index contributed by atoms with van der Waals surface area (Å²) in [4.78, 5) is 16.1. The maximum Gasteiger partial charge on any atom is 0.338 e. The summed E-state index contributed by atoms with van der Waals surface area (Å²) < 4.78 is 16.6. The van der Waals surface area contributed by atoms with E-state index in [0.717, 1.165) is 39.7 Å². The van der Waals surface area contributed by atoms with Gasteiger partial charge in [-0.05, 0) is 66.6 Å². The monoisotopic (exact) mass is 534 g/mol. The molecular formula is C34H34N2O4. The van der Waals surface area contributed by atoms with Crippen molar-refractivity contribution in [1.82, 2.24) is 0 Å². The van der Waals surface area contributed by atoms with Gasteiger partial charge in [-0.25, -0.2) is 4.79 Å². The molecule has 40 heavy (non-hydrogen) atoms. The maximum atomic E-state index is 13.8. The molecule has 204 valence electrons. The zero-order valence-corrected chi connectivity index (χ0v) is 23.0. The van der Waals surface area contributed by atoms with Gasteiger partial charge in [-0.3, -0.25) is 0 Å². The van der Waals surface area contributed by atoms with Gasteiger partial charge in [0, 0.05) is 23.5 Å². The van der Waals surface area contributed by atoms with Crippen molar-refractivity contribution in [1.29, 1.82) is 0 Å². The van der Waals surface area contributed by atoms with Crippen LogP contribution >= 0.6 is 0 Å². The molecule has 1 aliphatic heterocycles. The Bertz CT molecular complexity index is 1440. The minimum Gasteiger partial charge on any atom is -0.497 e. The molecule has 1 N–H and O–H groups in total. The van der Waals surface area contributed by atoms with Crippen molar-refractivity contribution >= 4 is 17.3 Å². The maximum absolute atomic E-state index is 13.8. The van der Waals surface area contributed by atoms with E-state index >= 15 is 0 Å². The fourth-order valence-electron chi connectivity index (χ4n) is 5.29. The fraction of sp³-hybridized carbons (Fsp3) is 0.206. The Morgan fingerprint density at radius 1 is 0.775 bits per heavy atom. The number of anilines is 2. The minimum absolute atomic E-state index is 0.0928. The smallest absolute Gasteiger partial charge is 0.338 e. The lowest BCUT2D eigenvalue weighted by atomic mass is 9.84. The van der Waals surface area contributed by atoms with Crippen LogP contribution in [0.3, 0.4) is 0 Å². The lowest BCUT2D eigenvalue weighted by Crippen LogP contribution is -2.41. The normalized spacial score (nSPS) is 16.8. The molecule has 6 nitrogen and oxygen atoms in total. The molecule has 6 heteroatoms. The molecule has 0 unspecified atom stereocenters. The van der Waals surface area contributed by atoms with E-state index < -0.39 is 6.04 Å². The molecular weight excluding hydrogens is 500 g/mol. The predicted octanol–water partition coefficient (Wildman–Crippen LogP) is 7.33. The van der Waals surface area contributed by atoms with Crippen LogP contribution in [0.2, 0.25) is 0 Å². The standard InChI is InChI=1S/C34H34N2O4/c1-4-40-34(37)32-30(35-26-11-7-5-8-12-26)23-31(24-15-19-28(38-2)20-16-24)36(27-13-9-6-10-14-27)33(32)25-17-21-29(39-3)22-18-25/h5-22,31,33,35H,4,23H2,1-3H3/t31-,33+/m1/s1. The highest BCUT2D eigenvalue weighted by Crippen LogP contribution is 2.48. The van der Waals surface area contributed by atoms with Crippen LogP contribution in [0.1, 0.15) is 36.6 Å². The number of ether oxygens (including phenoxy) is 3. The second-order valence-electron chi connectivity index (χ2n) is 9.52. The summed E-state index contributed by atoms with van der Waals surface area (Å²) in [5.41, 5.74) is 5.40. The van der Waals surface area contributed by atoms with Gasteiger partial charge in [0.2, 0.25) is 0 Å². The van der Waals surface area contributed by atoms with Crippen molar-refractivity contribution in [3.63, 3.8) is 0 Å². The summed E-state index contributed by atoms with van der Waals surface area (Å²) in [5.74, 6) is 1.21. The van der Waals surface area contributed by atoms with Gasteiger partial charge >= 0.3 is 5.97 Å². The summed E-state index contributed by atoms with van der Waals surface area (Å²) in [7, 11) is 3.32. The third kappa shape index (κ3) is 5.66. The Balaban J connectivity index is 1.76. The van der Waals surface area contributed by atoms with E-state index in [-0.39, 0.29) is 18.6 Å². The molecule has 4 aromatic carbocycles. The zero-order chi connectivity index (χ0) is 27.9. The number of para-hydroxylation sites is 2. The number of hydrogen-bond acceptors (Lipinski definition) is 6. The summed E-state index contributed by atoms with van der Waals surface area (Å²) in [6, 6.07) is 35.7. The van der Waals surface area contributed by atoms with E-state index in [2.05, 4.69) is 34.5 Å². The van der Waals surface area contributed by atoms with Gasteiger partial charge in [0.25, 0.3) is 0 Å². The van der Waals surface area contributed by atoms with Crippen LogP contribution in [0.4, 0.5) is 11.4 Å². The quantitative estimate of drug-likeness (QED) is 0.227. The zero-order valence-electron chi connectivity index (χ0n) is 23.0. The summed E-state index contributed by atoms with van der Waals surface area (Å²) in [6.07, 6.45) is 0.566. The van der Waals surface area contributed by atoms with Gasteiger partial charge in [0.05, 0.1) is 38.5 Å². The molecule has 1 heterocycles. The molecule has 0 aliphatic carbocycles. The molecule has 0 saturated carbocycles. The highest BCUT2D eigenvalue weighted by atomic mass is 16.5. The molecule has 0 aromatic heterocycles. The average Bonchev–Trinajstić information content (AvgIpc) is 3.01. The first-order valence-corrected chi connectivity index (χ1v) is 13.5. The van der Waals surface area contributed by atoms with E-state index in [4.69, 9.17) is 14.2 Å². The Labute approximate surface area is 235 Å². The fourth-order valence-corrected chi connectivity index (χ4v) is 5.29. The van der Waals surface area contributed by atoms with E-state index in [0.29, 0.717) is 12.0 Å². The van der Waals surface area contributed by atoms with Crippen LogP contribution in [-0.4, -0.2) is 26.8 Å².